The summed E-state index contributed by atoms with van der Waals surface area (Å²) >= 11 is 1.40. The topological polar surface area (TPSA) is 58.6 Å². The van der Waals surface area contributed by atoms with Crippen molar-refractivity contribution in [2.45, 2.75) is 32.6 Å². The number of amides is 1. The Morgan fingerprint density at radius 2 is 2.00 bits per heavy atom. The van der Waals surface area contributed by atoms with Crippen molar-refractivity contribution in [1.29, 1.82) is 0 Å². The number of piperidine rings is 1. The molecule has 1 aliphatic heterocycles. The van der Waals surface area contributed by atoms with Crippen molar-refractivity contribution in [2.75, 3.05) is 44.8 Å². The van der Waals surface area contributed by atoms with Crippen LogP contribution in [-0.4, -0.2) is 60.1 Å². The van der Waals surface area contributed by atoms with Crippen LogP contribution < -0.4 is 4.90 Å². The fraction of sp³-hybridized carbons (Fsp3) is 0.571. The second-order valence-electron chi connectivity index (χ2n) is 7.45. The average Bonchev–Trinajstić information content (AvgIpc) is 3.17. The van der Waals surface area contributed by atoms with Crippen LogP contribution in [0.5, 0.6) is 0 Å². The van der Waals surface area contributed by atoms with Gasteiger partial charge in [-0.2, -0.15) is 4.37 Å². The van der Waals surface area contributed by atoms with E-state index in [9.17, 15) is 4.79 Å². The molecule has 3 rings (SSSR count). The minimum absolute atomic E-state index is 0.239. The zero-order chi connectivity index (χ0) is 19.8. The summed E-state index contributed by atoms with van der Waals surface area (Å²) in [6, 6.07) is 10.2. The van der Waals surface area contributed by atoms with Crippen LogP contribution in [0.15, 0.2) is 30.3 Å². The second kappa shape index (κ2) is 10.5. The molecule has 6 nitrogen and oxygen atoms in total. The minimum atomic E-state index is 0.239. The van der Waals surface area contributed by atoms with Crippen molar-refractivity contribution in [3.05, 3.63) is 41.7 Å². The number of rotatable bonds is 9. The van der Waals surface area contributed by atoms with Gasteiger partial charge in [-0.25, -0.2) is 4.98 Å². The van der Waals surface area contributed by atoms with Crippen molar-refractivity contribution < 1.29 is 9.53 Å². The number of ether oxygens (including phenoxy) is 1. The third-order valence-corrected chi connectivity index (χ3v) is 6.05. The molecule has 28 heavy (non-hydrogen) atoms. The van der Waals surface area contributed by atoms with E-state index in [1.807, 2.05) is 23.1 Å². The lowest BCUT2D eigenvalue weighted by molar-refractivity contribution is -0.132. The monoisotopic (exact) mass is 402 g/mol. The second-order valence-corrected chi connectivity index (χ2v) is 8.18. The van der Waals surface area contributed by atoms with Gasteiger partial charge in [0.2, 0.25) is 11.0 Å². The van der Waals surface area contributed by atoms with Crippen LogP contribution in [0.3, 0.4) is 0 Å². The summed E-state index contributed by atoms with van der Waals surface area (Å²) in [5.74, 6) is 1.79. The van der Waals surface area contributed by atoms with E-state index in [1.165, 1.54) is 17.1 Å². The third kappa shape index (κ3) is 6.01. The molecule has 0 N–H and O–H groups in total. The van der Waals surface area contributed by atoms with Crippen LogP contribution in [0.4, 0.5) is 5.13 Å². The maximum Gasteiger partial charge on any atom is 0.224 e. The number of anilines is 1. The van der Waals surface area contributed by atoms with E-state index in [1.54, 1.807) is 7.11 Å². The predicted octanol–water partition coefficient (Wildman–Crippen LogP) is 3.23. The molecule has 2 aromatic rings. The molecule has 0 saturated carbocycles. The summed E-state index contributed by atoms with van der Waals surface area (Å²) in [7, 11) is 1.69. The van der Waals surface area contributed by atoms with Crippen molar-refractivity contribution in [3.63, 3.8) is 0 Å². The minimum Gasteiger partial charge on any atom is -0.383 e. The van der Waals surface area contributed by atoms with Crippen LogP contribution >= 0.6 is 11.5 Å². The standard InChI is InChI=1S/C21H30N4O2S/c1-17-8-11-24(12-9-17)20(26)10-13-25(14-15-27-2)21-22-19(23-28-21)16-18-6-4-3-5-7-18/h3-7,17H,8-16H2,1-2H3. The molecule has 0 bridgehead atoms. The van der Waals surface area contributed by atoms with Crippen LogP contribution in [0, 0.1) is 5.92 Å². The Labute approximate surface area is 171 Å². The van der Waals surface area contributed by atoms with Crippen LogP contribution in [-0.2, 0) is 16.0 Å². The number of carbonyl (C=O) groups is 1. The highest BCUT2D eigenvalue weighted by molar-refractivity contribution is 7.09. The first kappa shape index (κ1) is 20.7. The summed E-state index contributed by atoms with van der Waals surface area (Å²) in [6.45, 7) is 5.99. The van der Waals surface area contributed by atoms with Gasteiger partial charge < -0.3 is 14.5 Å². The molecule has 1 saturated heterocycles. The Hall–Kier alpha value is -1.99. The summed E-state index contributed by atoms with van der Waals surface area (Å²) in [6.07, 6.45) is 3.45. The lowest BCUT2D eigenvalue weighted by Gasteiger charge is -2.31. The SMILES string of the molecule is COCCN(CCC(=O)N1CCC(C)CC1)c1nc(Cc2ccccc2)ns1. The third-order valence-electron chi connectivity index (χ3n) is 5.23. The van der Waals surface area contributed by atoms with Gasteiger partial charge in [0, 0.05) is 57.7 Å². The average molecular weight is 403 g/mol. The molecule has 7 heteroatoms. The molecular formula is C21H30N4O2S. The number of carbonyl (C=O) groups excluding carboxylic acids is 1. The predicted molar refractivity (Wildman–Crippen MR) is 113 cm³/mol. The molecule has 1 amide bonds. The molecule has 1 fully saturated rings. The van der Waals surface area contributed by atoms with E-state index in [0.717, 1.165) is 49.2 Å². The molecule has 1 aromatic heterocycles. The largest absolute Gasteiger partial charge is 0.383 e. The van der Waals surface area contributed by atoms with Gasteiger partial charge in [0.25, 0.3) is 0 Å². The van der Waals surface area contributed by atoms with Crippen LogP contribution in [0.2, 0.25) is 0 Å². The summed E-state index contributed by atoms with van der Waals surface area (Å²) in [5, 5.41) is 0.864. The van der Waals surface area contributed by atoms with E-state index >= 15 is 0 Å². The number of aromatic nitrogens is 2. The number of benzene rings is 1. The molecule has 0 spiro atoms. The van der Waals surface area contributed by atoms with Gasteiger partial charge >= 0.3 is 0 Å². The van der Waals surface area contributed by atoms with Crippen molar-refractivity contribution >= 4 is 22.6 Å². The first-order valence-corrected chi connectivity index (χ1v) is 10.8. The summed E-state index contributed by atoms with van der Waals surface area (Å²) < 4.78 is 9.77. The van der Waals surface area contributed by atoms with E-state index in [2.05, 4.69) is 28.3 Å². The smallest absolute Gasteiger partial charge is 0.224 e. The van der Waals surface area contributed by atoms with E-state index < -0.39 is 0 Å². The first-order valence-electron chi connectivity index (χ1n) is 10.0. The molecule has 1 aromatic carbocycles. The van der Waals surface area contributed by atoms with Crippen molar-refractivity contribution in [2.24, 2.45) is 5.92 Å². The number of hydrogen-bond acceptors (Lipinski definition) is 6. The van der Waals surface area contributed by atoms with E-state index in [4.69, 9.17) is 9.72 Å². The van der Waals surface area contributed by atoms with E-state index in [0.29, 0.717) is 26.1 Å². The van der Waals surface area contributed by atoms with Crippen molar-refractivity contribution in [1.82, 2.24) is 14.3 Å². The Morgan fingerprint density at radius 1 is 1.25 bits per heavy atom. The molecule has 0 atom stereocenters. The summed E-state index contributed by atoms with van der Waals surface area (Å²) in [4.78, 5) is 21.4. The number of methoxy groups -OCH3 is 1. The fourth-order valence-electron chi connectivity index (χ4n) is 3.37. The lowest BCUT2D eigenvalue weighted by atomic mass is 9.99. The molecule has 1 aliphatic rings. The highest BCUT2D eigenvalue weighted by Crippen LogP contribution is 2.20. The number of hydrogen-bond donors (Lipinski definition) is 0. The normalized spacial score (nSPS) is 15.0. The van der Waals surface area contributed by atoms with Crippen molar-refractivity contribution in [3.8, 4) is 0 Å². The first-order chi connectivity index (χ1) is 13.7. The Balaban J connectivity index is 1.58. The molecule has 152 valence electrons. The highest BCUT2D eigenvalue weighted by Gasteiger charge is 2.21. The maximum atomic E-state index is 12.6. The van der Waals surface area contributed by atoms with Gasteiger partial charge in [-0.3, -0.25) is 4.79 Å². The Morgan fingerprint density at radius 3 is 2.71 bits per heavy atom. The Bertz CT molecular complexity index is 729. The molecule has 0 radical (unpaired) electrons. The maximum absolute atomic E-state index is 12.6. The molecule has 0 unspecified atom stereocenters. The number of likely N-dealkylation sites (tertiary alicyclic amines) is 1. The zero-order valence-electron chi connectivity index (χ0n) is 16.8. The fourth-order valence-corrected chi connectivity index (χ4v) is 4.11. The van der Waals surface area contributed by atoms with Gasteiger partial charge in [0.15, 0.2) is 0 Å². The van der Waals surface area contributed by atoms with Crippen LogP contribution in [0.25, 0.3) is 0 Å². The van der Waals surface area contributed by atoms with Crippen LogP contribution in [0.1, 0.15) is 37.6 Å². The highest BCUT2D eigenvalue weighted by atomic mass is 32.1. The van der Waals surface area contributed by atoms with Gasteiger partial charge in [0.05, 0.1) is 6.61 Å². The van der Waals surface area contributed by atoms with Gasteiger partial charge in [-0.05, 0) is 24.3 Å². The summed E-state index contributed by atoms with van der Waals surface area (Å²) in [5.41, 5.74) is 1.20. The van der Waals surface area contributed by atoms with Gasteiger partial charge in [-0.1, -0.05) is 37.3 Å². The molecule has 0 aliphatic carbocycles. The zero-order valence-corrected chi connectivity index (χ0v) is 17.7. The van der Waals surface area contributed by atoms with Gasteiger partial charge in [0.1, 0.15) is 5.82 Å². The van der Waals surface area contributed by atoms with Gasteiger partial charge in [-0.15, -0.1) is 0 Å². The lowest BCUT2D eigenvalue weighted by Crippen LogP contribution is -2.40. The van der Waals surface area contributed by atoms with E-state index in [-0.39, 0.29) is 5.91 Å². The quantitative estimate of drug-likeness (QED) is 0.644. The Kier molecular flexibility index (Phi) is 7.80. The number of nitrogens with zero attached hydrogens (tertiary/aromatic N) is 4. The molecule has 2 heterocycles. The molecular weight excluding hydrogens is 372 g/mol.